The van der Waals surface area contributed by atoms with Gasteiger partial charge in [0.25, 0.3) is 5.91 Å². The van der Waals surface area contributed by atoms with Crippen LogP contribution in [0.1, 0.15) is 42.2 Å². The molecular weight excluding hydrogens is 314 g/mol. The summed E-state index contributed by atoms with van der Waals surface area (Å²) in [6.07, 6.45) is 0.991. The number of nitrogens with zero attached hydrogens (tertiary/aromatic N) is 1. The lowest BCUT2D eigenvalue weighted by atomic mass is 9.93. The van der Waals surface area contributed by atoms with Crippen molar-refractivity contribution in [3.63, 3.8) is 0 Å². The van der Waals surface area contributed by atoms with Crippen LogP contribution < -0.4 is 10.6 Å². The smallest absolute Gasteiger partial charge is 0.319 e. The highest BCUT2D eigenvalue weighted by Crippen LogP contribution is 2.34. The number of likely N-dealkylation sites (tertiary alicyclic amines) is 1. The van der Waals surface area contributed by atoms with Gasteiger partial charge in [0.05, 0.1) is 6.04 Å². The van der Waals surface area contributed by atoms with Crippen molar-refractivity contribution >= 4 is 17.6 Å². The van der Waals surface area contributed by atoms with Crippen LogP contribution in [0.2, 0.25) is 0 Å². The van der Waals surface area contributed by atoms with Gasteiger partial charge in [-0.3, -0.25) is 4.79 Å². The molecule has 1 aliphatic rings. The number of amides is 3. The summed E-state index contributed by atoms with van der Waals surface area (Å²) >= 11 is 0. The summed E-state index contributed by atoms with van der Waals surface area (Å²) in [6, 6.07) is 17.1. The van der Waals surface area contributed by atoms with Gasteiger partial charge in [-0.25, -0.2) is 4.79 Å². The van der Waals surface area contributed by atoms with E-state index in [2.05, 4.69) is 22.8 Å². The first kappa shape index (κ1) is 17.0. The first-order chi connectivity index (χ1) is 12.0. The molecule has 25 heavy (non-hydrogen) atoms. The highest BCUT2D eigenvalue weighted by molar-refractivity contribution is 5.96. The molecule has 1 aliphatic heterocycles. The van der Waals surface area contributed by atoms with Crippen molar-refractivity contribution in [2.24, 2.45) is 0 Å². The third kappa shape index (κ3) is 3.99. The third-order valence-corrected chi connectivity index (χ3v) is 4.27. The fourth-order valence-electron chi connectivity index (χ4n) is 2.94. The van der Waals surface area contributed by atoms with Gasteiger partial charge in [0.15, 0.2) is 0 Å². The second-order valence-electron chi connectivity index (χ2n) is 6.54. The fourth-order valence-corrected chi connectivity index (χ4v) is 2.94. The number of hydrogen-bond donors (Lipinski definition) is 2. The number of carbonyl (C=O) groups is 2. The molecule has 0 saturated carbocycles. The second-order valence-corrected chi connectivity index (χ2v) is 6.54. The number of benzene rings is 2. The fraction of sp³-hybridized carbons (Fsp3) is 0.300. The molecule has 3 amide bonds. The molecule has 0 spiro atoms. The van der Waals surface area contributed by atoms with Crippen molar-refractivity contribution in [3.05, 3.63) is 65.7 Å². The SMILES string of the molecule is CC(C)NC(=O)Nc1ccc(C(=O)N2CC[C@@H]2c2ccccc2)cc1. The Balaban J connectivity index is 1.64. The number of carbonyl (C=O) groups excluding carboxylic acids is 2. The van der Waals surface area contributed by atoms with Gasteiger partial charge in [-0.15, -0.1) is 0 Å². The molecule has 2 aromatic rings. The molecule has 2 aromatic carbocycles. The average Bonchev–Trinajstić information content (AvgIpc) is 2.54. The Kier molecular flexibility index (Phi) is 5.03. The molecule has 0 aromatic heterocycles. The van der Waals surface area contributed by atoms with Gasteiger partial charge in [-0.2, -0.15) is 0 Å². The highest BCUT2D eigenvalue weighted by Gasteiger charge is 2.33. The highest BCUT2D eigenvalue weighted by atomic mass is 16.2. The van der Waals surface area contributed by atoms with Crippen molar-refractivity contribution in [1.82, 2.24) is 10.2 Å². The van der Waals surface area contributed by atoms with Gasteiger partial charge in [0, 0.05) is 23.8 Å². The Labute approximate surface area is 148 Å². The zero-order valence-corrected chi connectivity index (χ0v) is 14.5. The molecule has 1 atom stereocenters. The molecular formula is C20H23N3O2. The number of urea groups is 1. The zero-order valence-electron chi connectivity index (χ0n) is 14.5. The Morgan fingerprint density at radius 2 is 1.72 bits per heavy atom. The van der Waals surface area contributed by atoms with Crippen molar-refractivity contribution < 1.29 is 9.59 Å². The van der Waals surface area contributed by atoms with Gasteiger partial charge in [-0.1, -0.05) is 30.3 Å². The van der Waals surface area contributed by atoms with Crippen LogP contribution in [0.5, 0.6) is 0 Å². The Morgan fingerprint density at radius 1 is 1.04 bits per heavy atom. The van der Waals surface area contributed by atoms with Crippen LogP contribution in [0.25, 0.3) is 0 Å². The van der Waals surface area contributed by atoms with E-state index in [-0.39, 0.29) is 24.0 Å². The summed E-state index contributed by atoms with van der Waals surface area (Å²) in [4.78, 5) is 26.3. The Bertz CT molecular complexity index is 741. The van der Waals surface area contributed by atoms with E-state index in [1.165, 1.54) is 5.56 Å². The van der Waals surface area contributed by atoms with Crippen molar-refractivity contribution in [1.29, 1.82) is 0 Å². The van der Waals surface area contributed by atoms with Crippen LogP contribution in [-0.4, -0.2) is 29.4 Å². The van der Waals surface area contributed by atoms with E-state index in [0.717, 1.165) is 13.0 Å². The molecule has 5 nitrogen and oxygen atoms in total. The van der Waals surface area contributed by atoms with Gasteiger partial charge < -0.3 is 15.5 Å². The second kappa shape index (κ2) is 7.38. The van der Waals surface area contributed by atoms with E-state index in [0.29, 0.717) is 11.3 Å². The average molecular weight is 337 g/mol. The Morgan fingerprint density at radius 3 is 2.28 bits per heavy atom. The minimum atomic E-state index is -0.249. The topological polar surface area (TPSA) is 61.4 Å². The van der Waals surface area contributed by atoms with Gasteiger partial charge >= 0.3 is 6.03 Å². The summed E-state index contributed by atoms with van der Waals surface area (Å²) in [5.41, 5.74) is 2.47. The van der Waals surface area contributed by atoms with Crippen LogP contribution in [0, 0.1) is 0 Å². The summed E-state index contributed by atoms with van der Waals surface area (Å²) in [5, 5.41) is 5.52. The van der Waals surface area contributed by atoms with E-state index in [9.17, 15) is 9.59 Å². The Hall–Kier alpha value is -2.82. The molecule has 1 fully saturated rings. The van der Waals surface area contributed by atoms with Crippen LogP contribution >= 0.6 is 0 Å². The molecule has 5 heteroatoms. The lowest BCUT2D eigenvalue weighted by Crippen LogP contribution is -2.45. The maximum atomic E-state index is 12.7. The van der Waals surface area contributed by atoms with Gasteiger partial charge in [0.2, 0.25) is 0 Å². The predicted molar refractivity (Wildman–Crippen MR) is 98.6 cm³/mol. The van der Waals surface area contributed by atoms with Gasteiger partial charge in [-0.05, 0) is 50.1 Å². The molecule has 130 valence electrons. The maximum absolute atomic E-state index is 12.7. The van der Waals surface area contributed by atoms with Crippen LogP contribution in [0.3, 0.4) is 0 Å². The zero-order chi connectivity index (χ0) is 17.8. The molecule has 0 unspecified atom stereocenters. The minimum Gasteiger partial charge on any atom is -0.336 e. The summed E-state index contributed by atoms with van der Waals surface area (Å²) in [6.45, 7) is 4.57. The monoisotopic (exact) mass is 337 g/mol. The molecule has 2 N–H and O–H groups in total. The van der Waals surface area contributed by atoms with Crippen LogP contribution in [-0.2, 0) is 0 Å². The summed E-state index contributed by atoms with van der Waals surface area (Å²) in [5.74, 6) is 0.0262. The van der Waals surface area contributed by atoms with Crippen molar-refractivity contribution in [2.75, 3.05) is 11.9 Å². The van der Waals surface area contributed by atoms with E-state index in [4.69, 9.17) is 0 Å². The standard InChI is InChI=1S/C20H23N3O2/c1-14(2)21-20(25)22-17-10-8-16(9-11-17)19(24)23-13-12-18(23)15-6-4-3-5-7-15/h3-11,14,18H,12-13H2,1-2H3,(H2,21,22,25)/t18-/m1/s1. The lowest BCUT2D eigenvalue weighted by Gasteiger charge is -2.41. The first-order valence-electron chi connectivity index (χ1n) is 8.58. The van der Waals surface area contributed by atoms with E-state index in [1.54, 1.807) is 24.3 Å². The quantitative estimate of drug-likeness (QED) is 0.891. The summed E-state index contributed by atoms with van der Waals surface area (Å²) < 4.78 is 0. The number of anilines is 1. The van der Waals surface area contributed by atoms with E-state index < -0.39 is 0 Å². The predicted octanol–water partition coefficient (Wildman–Crippen LogP) is 3.80. The number of nitrogens with one attached hydrogen (secondary N) is 2. The van der Waals surface area contributed by atoms with Gasteiger partial charge in [0.1, 0.15) is 0 Å². The molecule has 0 bridgehead atoms. The number of hydrogen-bond acceptors (Lipinski definition) is 2. The number of rotatable bonds is 4. The molecule has 0 aliphatic carbocycles. The molecule has 1 heterocycles. The minimum absolute atomic E-state index is 0.0262. The largest absolute Gasteiger partial charge is 0.336 e. The third-order valence-electron chi connectivity index (χ3n) is 4.27. The van der Waals surface area contributed by atoms with Crippen molar-refractivity contribution in [2.45, 2.75) is 32.4 Å². The maximum Gasteiger partial charge on any atom is 0.319 e. The first-order valence-corrected chi connectivity index (χ1v) is 8.58. The lowest BCUT2D eigenvalue weighted by molar-refractivity contribution is 0.0460. The van der Waals surface area contributed by atoms with Crippen LogP contribution in [0.15, 0.2) is 54.6 Å². The van der Waals surface area contributed by atoms with Crippen LogP contribution in [0.4, 0.5) is 10.5 Å². The summed E-state index contributed by atoms with van der Waals surface area (Å²) in [7, 11) is 0. The van der Waals surface area contributed by atoms with Crippen molar-refractivity contribution in [3.8, 4) is 0 Å². The molecule has 1 saturated heterocycles. The molecule has 0 radical (unpaired) electrons. The van der Waals surface area contributed by atoms with E-state index >= 15 is 0 Å². The molecule has 3 rings (SSSR count). The normalized spacial score (nSPS) is 16.3. The van der Waals surface area contributed by atoms with E-state index in [1.807, 2.05) is 36.9 Å².